The minimum absolute atomic E-state index is 0.449. The fraction of sp³-hybridized carbons (Fsp3) is 0.250. The first-order valence-corrected chi connectivity index (χ1v) is 5.67. The van der Waals surface area contributed by atoms with Crippen LogP contribution in [0.3, 0.4) is 0 Å². The van der Waals surface area contributed by atoms with Gasteiger partial charge in [-0.3, -0.25) is 0 Å². The van der Waals surface area contributed by atoms with E-state index in [1.54, 1.807) is 18.3 Å². The molecule has 6 heteroatoms. The topological polar surface area (TPSA) is 86.0 Å². The number of rotatable bonds is 5. The van der Waals surface area contributed by atoms with Gasteiger partial charge < -0.3 is 15.8 Å². The van der Waals surface area contributed by atoms with Crippen molar-refractivity contribution in [2.45, 2.75) is 13.5 Å². The number of hydrogen-bond acceptors (Lipinski definition) is 6. The Balaban J connectivity index is 2.03. The highest BCUT2D eigenvalue weighted by molar-refractivity contribution is 5.53. The van der Waals surface area contributed by atoms with E-state index in [1.165, 1.54) is 6.33 Å². The van der Waals surface area contributed by atoms with Gasteiger partial charge >= 0.3 is 0 Å². The Bertz CT molecular complexity index is 503. The van der Waals surface area contributed by atoms with Crippen molar-refractivity contribution in [1.82, 2.24) is 15.0 Å². The molecule has 18 heavy (non-hydrogen) atoms. The molecule has 0 saturated heterocycles. The molecule has 3 N–H and O–H groups in total. The Kier molecular flexibility index (Phi) is 3.90. The zero-order valence-electron chi connectivity index (χ0n) is 10.1. The molecule has 2 aromatic heterocycles. The van der Waals surface area contributed by atoms with Crippen molar-refractivity contribution in [3.63, 3.8) is 0 Å². The lowest BCUT2D eigenvalue weighted by Crippen LogP contribution is -2.06. The zero-order valence-corrected chi connectivity index (χ0v) is 10.1. The van der Waals surface area contributed by atoms with E-state index in [-0.39, 0.29) is 0 Å². The number of pyridine rings is 1. The number of ether oxygens (including phenoxy) is 1. The van der Waals surface area contributed by atoms with Crippen LogP contribution in [0.15, 0.2) is 30.7 Å². The number of nitrogens with two attached hydrogens (primary N) is 1. The van der Waals surface area contributed by atoms with E-state index < -0.39 is 0 Å². The second-order valence-corrected chi connectivity index (χ2v) is 3.58. The summed E-state index contributed by atoms with van der Waals surface area (Å²) in [7, 11) is 0. The maximum absolute atomic E-state index is 5.75. The maximum atomic E-state index is 5.75. The smallest absolute Gasteiger partial charge is 0.239 e. The summed E-state index contributed by atoms with van der Waals surface area (Å²) in [5.74, 6) is 1.15. The molecule has 0 atom stereocenters. The van der Waals surface area contributed by atoms with Crippen molar-refractivity contribution in [2.75, 3.05) is 17.7 Å². The number of aromatic nitrogens is 3. The van der Waals surface area contributed by atoms with Gasteiger partial charge in [-0.1, -0.05) is 0 Å². The highest BCUT2D eigenvalue weighted by Gasteiger charge is 2.03. The molecule has 2 aromatic rings. The van der Waals surface area contributed by atoms with Crippen LogP contribution < -0.4 is 15.8 Å². The molecule has 0 aliphatic rings. The Hall–Kier alpha value is -2.37. The average molecular weight is 245 g/mol. The number of anilines is 2. The van der Waals surface area contributed by atoms with Crippen LogP contribution in [0.2, 0.25) is 0 Å². The van der Waals surface area contributed by atoms with Gasteiger partial charge in [0.1, 0.15) is 12.1 Å². The predicted octanol–water partition coefficient (Wildman–Crippen LogP) is 1.46. The SMILES string of the molecule is CCOc1nc(NCc2ccncn2)ccc1N. The Morgan fingerprint density at radius 2 is 2.22 bits per heavy atom. The number of nitrogen functional groups attached to an aromatic ring is 1. The van der Waals surface area contributed by atoms with Gasteiger partial charge in [0.25, 0.3) is 0 Å². The largest absolute Gasteiger partial charge is 0.476 e. The molecule has 0 bridgehead atoms. The summed E-state index contributed by atoms with van der Waals surface area (Å²) in [6.07, 6.45) is 3.21. The van der Waals surface area contributed by atoms with E-state index >= 15 is 0 Å². The molecule has 6 nitrogen and oxygen atoms in total. The lowest BCUT2D eigenvalue weighted by molar-refractivity contribution is 0.329. The van der Waals surface area contributed by atoms with Crippen molar-refractivity contribution in [2.24, 2.45) is 0 Å². The van der Waals surface area contributed by atoms with Gasteiger partial charge in [-0.25, -0.2) is 9.97 Å². The lowest BCUT2D eigenvalue weighted by Gasteiger charge is -2.09. The summed E-state index contributed by atoms with van der Waals surface area (Å²) in [5.41, 5.74) is 7.17. The summed E-state index contributed by atoms with van der Waals surface area (Å²) >= 11 is 0. The summed E-state index contributed by atoms with van der Waals surface area (Å²) < 4.78 is 5.33. The summed E-state index contributed by atoms with van der Waals surface area (Å²) in [6.45, 7) is 3.00. The van der Waals surface area contributed by atoms with Gasteiger partial charge in [-0.15, -0.1) is 0 Å². The molecule has 94 valence electrons. The fourth-order valence-corrected chi connectivity index (χ4v) is 1.41. The van der Waals surface area contributed by atoms with Crippen LogP contribution in [0.25, 0.3) is 0 Å². The minimum Gasteiger partial charge on any atom is -0.476 e. The number of nitrogens with one attached hydrogen (secondary N) is 1. The van der Waals surface area contributed by atoms with Gasteiger partial charge in [0.2, 0.25) is 5.88 Å². The second kappa shape index (κ2) is 5.81. The van der Waals surface area contributed by atoms with E-state index in [1.807, 2.05) is 13.0 Å². The van der Waals surface area contributed by atoms with E-state index in [0.29, 0.717) is 30.5 Å². The molecule has 0 saturated carbocycles. The first-order chi connectivity index (χ1) is 8.79. The molecule has 2 rings (SSSR count). The normalized spacial score (nSPS) is 10.1. The highest BCUT2D eigenvalue weighted by Crippen LogP contribution is 2.20. The van der Waals surface area contributed by atoms with Crippen molar-refractivity contribution in [3.8, 4) is 5.88 Å². The molecule has 0 aliphatic heterocycles. The van der Waals surface area contributed by atoms with Crippen molar-refractivity contribution < 1.29 is 4.74 Å². The van der Waals surface area contributed by atoms with Gasteiger partial charge in [0.15, 0.2) is 0 Å². The molecule has 0 radical (unpaired) electrons. The predicted molar refractivity (Wildman–Crippen MR) is 69.2 cm³/mol. The van der Waals surface area contributed by atoms with Crippen LogP contribution in [0.5, 0.6) is 5.88 Å². The number of hydrogen-bond donors (Lipinski definition) is 2. The minimum atomic E-state index is 0.449. The molecular weight excluding hydrogens is 230 g/mol. The van der Waals surface area contributed by atoms with Gasteiger partial charge in [-0.2, -0.15) is 4.98 Å². The summed E-state index contributed by atoms with van der Waals surface area (Å²) in [6, 6.07) is 5.41. The molecule has 0 fully saturated rings. The van der Waals surface area contributed by atoms with Gasteiger partial charge in [0.05, 0.1) is 24.5 Å². The lowest BCUT2D eigenvalue weighted by atomic mass is 10.3. The first-order valence-electron chi connectivity index (χ1n) is 5.67. The Labute approximate surface area is 105 Å². The van der Waals surface area contributed by atoms with Crippen LogP contribution in [-0.4, -0.2) is 21.6 Å². The van der Waals surface area contributed by atoms with Crippen molar-refractivity contribution in [3.05, 3.63) is 36.4 Å². The maximum Gasteiger partial charge on any atom is 0.239 e. The third-order valence-electron chi connectivity index (χ3n) is 2.26. The van der Waals surface area contributed by atoms with Gasteiger partial charge in [0, 0.05) is 6.20 Å². The zero-order chi connectivity index (χ0) is 12.8. The monoisotopic (exact) mass is 245 g/mol. The standard InChI is InChI=1S/C12H15N5O/c1-2-18-12-10(13)3-4-11(17-12)15-7-9-5-6-14-8-16-9/h3-6,8H,2,7,13H2,1H3,(H,15,17). The van der Waals surface area contributed by atoms with Crippen LogP contribution >= 0.6 is 0 Å². The summed E-state index contributed by atoms with van der Waals surface area (Å²) in [5, 5.41) is 3.15. The Morgan fingerprint density at radius 3 is 2.94 bits per heavy atom. The summed E-state index contributed by atoms with van der Waals surface area (Å²) in [4.78, 5) is 12.2. The van der Waals surface area contributed by atoms with E-state index in [2.05, 4.69) is 20.3 Å². The van der Waals surface area contributed by atoms with Crippen LogP contribution in [0.4, 0.5) is 11.5 Å². The van der Waals surface area contributed by atoms with E-state index in [0.717, 1.165) is 5.69 Å². The van der Waals surface area contributed by atoms with Gasteiger partial charge in [-0.05, 0) is 25.1 Å². The van der Waals surface area contributed by atoms with Crippen molar-refractivity contribution in [1.29, 1.82) is 0 Å². The fourth-order valence-electron chi connectivity index (χ4n) is 1.41. The molecule has 0 unspecified atom stereocenters. The van der Waals surface area contributed by atoms with Crippen LogP contribution in [0.1, 0.15) is 12.6 Å². The molecule has 0 amide bonds. The Morgan fingerprint density at radius 1 is 1.33 bits per heavy atom. The molecule has 0 spiro atoms. The van der Waals surface area contributed by atoms with Crippen LogP contribution in [-0.2, 0) is 6.54 Å². The average Bonchev–Trinajstić information content (AvgIpc) is 2.41. The van der Waals surface area contributed by atoms with E-state index in [9.17, 15) is 0 Å². The highest BCUT2D eigenvalue weighted by atomic mass is 16.5. The third-order valence-corrected chi connectivity index (χ3v) is 2.26. The number of nitrogens with zero attached hydrogens (tertiary/aromatic N) is 3. The molecule has 0 aromatic carbocycles. The van der Waals surface area contributed by atoms with Crippen molar-refractivity contribution >= 4 is 11.5 Å². The second-order valence-electron chi connectivity index (χ2n) is 3.58. The molecule has 0 aliphatic carbocycles. The van der Waals surface area contributed by atoms with Crippen LogP contribution in [0, 0.1) is 0 Å². The molecular formula is C12H15N5O. The first kappa shape index (κ1) is 12.1. The molecule has 2 heterocycles. The third kappa shape index (κ3) is 3.07. The van der Waals surface area contributed by atoms with E-state index in [4.69, 9.17) is 10.5 Å². The quantitative estimate of drug-likeness (QED) is 0.829.